The fourth-order valence-corrected chi connectivity index (χ4v) is 3.40. The van der Waals surface area contributed by atoms with Gasteiger partial charge in [0.2, 0.25) is 12.1 Å². The molecule has 3 rings (SSSR count). The number of hydrogen-bond donors (Lipinski definition) is 2. The quantitative estimate of drug-likeness (QED) is 0.314. The van der Waals surface area contributed by atoms with Gasteiger partial charge in [-0.05, 0) is 35.7 Å². The minimum absolute atomic E-state index is 0.138. The number of amidine groups is 1. The molecule has 2 aromatic rings. The number of carbonyl (C=O) groups excluding carboxylic acids is 1. The molecule has 0 bridgehead atoms. The molecular weight excluding hydrogens is 404 g/mol. The van der Waals surface area contributed by atoms with Crippen molar-refractivity contribution in [2.45, 2.75) is 46.7 Å². The molecule has 32 heavy (non-hydrogen) atoms. The van der Waals surface area contributed by atoms with E-state index in [1.165, 1.54) is 0 Å². The molecule has 1 aliphatic rings. The van der Waals surface area contributed by atoms with Gasteiger partial charge in [-0.1, -0.05) is 51.1 Å². The van der Waals surface area contributed by atoms with Crippen LogP contribution in [0.15, 0.2) is 47.5 Å². The molecule has 1 heterocycles. The standard InChI is InChI=1S/C25H30N4O3/c1-17-7-5-6-8-19(17)15-22(27-16-26)28-24(25(2,3)4)29-23(30)14-18-9-10-20-21(13-18)32-12-11-31-20/h5-10,13,24H,11-12,14-15H2,1-4H3,(H,27,28)(H,29,30). The summed E-state index contributed by atoms with van der Waals surface area (Å²) in [4.78, 5) is 16.8. The Balaban J connectivity index is 1.70. The molecule has 1 unspecified atom stereocenters. The predicted octanol–water partition coefficient (Wildman–Crippen LogP) is 3.51. The number of nitriles is 1. The molecule has 0 aliphatic carbocycles. The summed E-state index contributed by atoms with van der Waals surface area (Å²) >= 11 is 0. The lowest BCUT2D eigenvalue weighted by Gasteiger charge is -2.33. The Bertz CT molecular complexity index is 1030. The molecule has 1 aliphatic heterocycles. The molecule has 0 spiro atoms. The summed E-state index contributed by atoms with van der Waals surface area (Å²) in [6, 6.07) is 13.5. The monoisotopic (exact) mass is 434 g/mol. The second-order valence-electron chi connectivity index (χ2n) is 8.93. The number of benzene rings is 2. The van der Waals surface area contributed by atoms with Gasteiger partial charge in [-0.25, -0.2) is 0 Å². The molecule has 0 saturated heterocycles. The van der Waals surface area contributed by atoms with Crippen LogP contribution in [0.25, 0.3) is 0 Å². The van der Waals surface area contributed by atoms with Crippen molar-refractivity contribution in [1.29, 1.82) is 5.26 Å². The van der Waals surface area contributed by atoms with Gasteiger partial charge in [0.1, 0.15) is 25.2 Å². The van der Waals surface area contributed by atoms with E-state index in [9.17, 15) is 10.1 Å². The van der Waals surface area contributed by atoms with Crippen molar-refractivity contribution in [3.05, 3.63) is 59.2 Å². The highest BCUT2D eigenvalue weighted by molar-refractivity contribution is 5.86. The average Bonchev–Trinajstić information content (AvgIpc) is 2.74. The number of carbonyl (C=O) groups is 1. The highest BCUT2D eigenvalue weighted by Gasteiger charge is 2.27. The van der Waals surface area contributed by atoms with Gasteiger partial charge in [-0.2, -0.15) is 10.3 Å². The second kappa shape index (κ2) is 10.2. The molecule has 0 aromatic heterocycles. The lowest BCUT2D eigenvalue weighted by atomic mass is 9.91. The number of nitrogens with one attached hydrogen (secondary N) is 2. The van der Waals surface area contributed by atoms with E-state index in [2.05, 4.69) is 15.6 Å². The first kappa shape index (κ1) is 23.1. The van der Waals surface area contributed by atoms with E-state index in [4.69, 9.17) is 9.47 Å². The van der Waals surface area contributed by atoms with Gasteiger partial charge in [-0.3, -0.25) is 4.79 Å². The van der Waals surface area contributed by atoms with Crippen LogP contribution in [-0.2, 0) is 17.6 Å². The Hall–Kier alpha value is -3.53. The third kappa shape index (κ3) is 6.24. The molecule has 0 fully saturated rings. The summed E-state index contributed by atoms with van der Waals surface area (Å²) < 4.78 is 11.2. The number of ether oxygens (including phenoxy) is 2. The molecule has 7 nitrogen and oxygen atoms in total. The molecule has 168 valence electrons. The molecule has 2 N–H and O–H groups in total. The van der Waals surface area contributed by atoms with E-state index in [-0.39, 0.29) is 17.7 Å². The molecular formula is C25H30N4O3. The van der Waals surface area contributed by atoms with Crippen molar-refractivity contribution < 1.29 is 14.3 Å². The zero-order valence-corrected chi connectivity index (χ0v) is 19.1. The number of rotatable bonds is 6. The van der Waals surface area contributed by atoms with Crippen molar-refractivity contribution in [2.75, 3.05) is 13.2 Å². The number of nitrogens with zero attached hydrogens (tertiary/aromatic N) is 2. The van der Waals surface area contributed by atoms with Gasteiger partial charge in [0, 0.05) is 11.8 Å². The molecule has 1 atom stereocenters. The first-order valence-electron chi connectivity index (χ1n) is 10.7. The van der Waals surface area contributed by atoms with E-state index in [0.717, 1.165) is 16.7 Å². The summed E-state index contributed by atoms with van der Waals surface area (Å²) in [6.07, 6.45) is 2.14. The lowest BCUT2D eigenvalue weighted by Crippen LogP contribution is -2.55. The lowest BCUT2D eigenvalue weighted by molar-refractivity contribution is -0.122. The van der Waals surface area contributed by atoms with Crippen LogP contribution in [0.5, 0.6) is 11.5 Å². The van der Waals surface area contributed by atoms with Gasteiger partial charge in [0.15, 0.2) is 11.5 Å². The zero-order chi connectivity index (χ0) is 23.1. The summed E-state index contributed by atoms with van der Waals surface area (Å²) in [7, 11) is 0. The van der Waals surface area contributed by atoms with Crippen LogP contribution < -0.4 is 20.1 Å². The predicted molar refractivity (Wildman–Crippen MR) is 124 cm³/mol. The van der Waals surface area contributed by atoms with Crippen LogP contribution in [0.3, 0.4) is 0 Å². The smallest absolute Gasteiger partial charge is 0.226 e. The highest BCUT2D eigenvalue weighted by Crippen LogP contribution is 2.31. The minimum atomic E-state index is -0.414. The third-order valence-electron chi connectivity index (χ3n) is 5.26. The van der Waals surface area contributed by atoms with Crippen molar-refractivity contribution in [1.82, 2.24) is 10.6 Å². The largest absolute Gasteiger partial charge is 0.486 e. The number of hydrogen-bond acceptors (Lipinski definition) is 5. The fourth-order valence-electron chi connectivity index (χ4n) is 3.40. The Morgan fingerprint density at radius 1 is 1.09 bits per heavy atom. The van der Waals surface area contributed by atoms with Crippen molar-refractivity contribution in [2.24, 2.45) is 10.4 Å². The molecule has 0 saturated carbocycles. The van der Waals surface area contributed by atoms with E-state index >= 15 is 0 Å². The highest BCUT2D eigenvalue weighted by atomic mass is 16.6. The van der Waals surface area contributed by atoms with Crippen molar-refractivity contribution in [3.8, 4) is 17.7 Å². The molecule has 1 amide bonds. The van der Waals surface area contributed by atoms with Gasteiger partial charge >= 0.3 is 0 Å². The second-order valence-corrected chi connectivity index (χ2v) is 8.93. The van der Waals surface area contributed by atoms with Crippen LogP contribution in [0, 0.1) is 23.8 Å². The maximum absolute atomic E-state index is 12.9. The topological polar surface area (TPSA) is 95.7 Å². The third-order valence-corrected chi connectivity index (χ3v) is 5.26. The van der Waals surface area contributed by atoms with E-state index in [1.807, 2.05) is 76.4 Å². The van der Waals surface area contributed by atoms with Gasteiger partial charge in [0.25, 0.3) is 0 Å². The zero-order valence-electron chi connectivity index (χ0n) is 19.1. The minimum Gasteiger partial charge on any atom is -0.486 e. The molecule has 0 radical (unpaired) electrons. The first-order chi connectivity index (χ1) is 15.3. The summed E-state index contributed by atoms with van der Waals surface area (Å²) in [6.45, 7) is 9.11. The van der Waals surface area contributed by atoms with Crippen LogP contribution in [-0.4, -0.2) is 31.1 Å². The number of aliphatic imine (C=N–C) groups is 1. The van der Waals surface area contributed by atoms with Crippen LogP contribution in [0.2, 0.25) is 0 Å². The fraction of sp³-hybridized carbons (Fsp3) is 0.400. The van der Waals surface area contributed by atoms with Crippen molar-refractivity contribution in [3.63, 3.8) is 0 Å². The van der Waals surface area contributed by atoms with Crippen molar-refractivity contribution >= 4 is 11.7 Å². The van der Waals surface area contributed by atoms with Gasteiger partial charge < -0.3 is 20.1 Å². The number of fused-ring (bicyclic) bond motifs is 1. The summed E-state index contributed by atoms with van der Waals surface area (Å²) in [5.41, 5.74) is 2.72. The van der Waals surface area contributed by atoms with Gasteiger partial charge in [0.05, 0.1) is 6.42 Å². The van der Waals surface area contributed by atoms with E-state index < -0.39 is 6.17 Å². The first-order valence-corrected chi connectivity index (χ1v) is 10.7. The molecule has 7 heteroatoms. The van der Waals surface area contributed by atoms with Crippen LogP contribution >= 0.6 is 0 Å². The van der Waals surface area contributed by atoms with Crippen LogP contribution in [0.1, 0.15) is 37.5 Å². The summed E-state index contributed by atoms with van der Waals surface area (Å²) in [5, 5.41) is 15.5. The number of aryl methyl sites for hydroxylation is 1. The Morgan fingerprint density at radius 2 is 1.81 bits per heavy atom. The van der Waals surface area contributed by atoms with Crippen LogP contribution in [0.4, 0.5) is 0 Å². The Labute approximate surface area is 189 Å². The maximum Gasteiger partial charge on any atom is 0.226 e. The average molecular weight is 435 g/mol. The number of amides is 1. The Morgan fingerprint density at radius 3 is 2.50 bits per heavy atom. The SMILES string of the molecule is Cc1ccccc1C/C(=N\C#N)NC(NC(=O)Cc1ccc2c(c1)OCCO2)C(C)(C)C. The van der Waals surface area contributed by atoms with E-state index in [1.54, 1.807) is 0 Å². The van der Waals surface area contributed by atoms with E-state index in [0.29, 0.717) is 37.0 Å². The summed E-state index contributed by atoms with van der Waals surface area (Å²) in [5.74, 6) is 1.74. The Kier molecular flexibility index (Phi) is 7.37. The normalized spacial score (nSPS) is 14.3. The maximum atomic E-state index is 12.9. The van der Waals surface area contributed by atoms with Gasteiger partial charge in [-0.15, -0.1) is 0 Å². The molecule has 2 aromatic carbocycles.